The number of hydrogen-bond donors (Lipinski definition) is 2. The molecule has 0 amide bonds. The van der Waals surface area contributed by atoms with Crippen LogP contribution in [0.3, 0.4) is 0 Å². The van der Waals surface area contributed by atoms with Crippen LogP contribution in [0.1, 0.15) is 38.1 Å². The molecule has 7 heteroatoms. The van der Waals surface area contributed by atoms with Crippen LogP contribution in [0.4, 0.5) is 0 Å². The molecule has 0 saturated carbocycles. The molecule has 2 N–H and O–H groups in total. The molecule has 1 aromatic heterocycles. The van der Waals surface area contributed by atoms with E-state index in [9.17, 15) is 8.42 Å². The van der Waals surface area contributed by atoms with E-state index in [1.54, 1.807) is 13.8 Å². The van der Waals surface area contributed by atoms with E-state index in [0.717, 1.165) is 19.4 Å². The van der Waals surface area contributed by atoms with Crippen molar-refractivity contribution in [1.29, 1.82) is 0 Å². The Morgan fingerprint density at radius 1 is 1.45 bits per heavy atom. The lowest BCUT2D eigenvalue weighted by Gasteiger charge is -2.39. The SMILES string of the molecule is Cc1noc(C)c1S(=O)(=O)NCC1NCCCC1(C)C. The molecule has 0 spiro atoms. The van der Waals surface area contributed by atoms with E-state index in [0.29, 0.717) is 18.0 Å². The van der Waals surface area contributed by atoms with Gasteiger partial charge in [0.1, 0.15) is 10.6 Å². The molecule has 1 unspecified atom stereocenters. The minimum Gasteiger partial charge on any atom is -0.360 e. The Morgan fingerprint density at radius 3 is 2.70 bits per heavy atom. The number of sulfonamides is 1. The van der Waals surface area contributed by atoms with E-state index >= 15 is 0 Å². The number of aromatic nitrogens is 1. The fourth-order valence-electron chi connectivity index (χ4n) is 2.74. The maximum absolute atomic E-state index is 12.3. The predicted octanol–water partition coefficient (Wildman–Crippen LogP) is 1.35. The van der Waals surface area contributed by atoms with Gasteiger partial charge in [-0.2, -0.15) is 0 Å². The second kappa shape index (κ2) is 5.46. The first-order chi connectivity index (χ1) is 9.24. The van der Waals surface area contributed by atoms with E-state index in [2.05, 4.69) is 29.0 Å². The third-order valence-corrected chi connectivity index (χ3v) is 5.71. The molecule has 6 nitrogen and oxygen atoms in total. The summed E-state index contributed by atoms with van der Waals surface area (Å²) in [6, 6.07) is 0.131. The van der Waals surface area contributed by atoms with Gasteiger partial charge in [0.25, 0.3) is 0 Å². The highest BCUT2D eigenvalue weighted by atomic mass is 32.2. The lowest BCUT2D eigenvalue weighted by Crippen LogP contribution is -2.52. The number of aryl methyl sites for hydroxylation is 2. The Balaban J connectivity index is 2.10. The van der Waals surface area contributed by atoms with Crippen molar-refractivity contribution in [1.82, 2.24) is 15.2 Å². The average molecular weight is 301 g/mol. The van der Waals surface area contributed by atoms with Crippen LogP contribution in [0.25, 0.3) is 0 Å². The molecule has 20 heavy (non-hydrogen) atoms. The molecule has 1 atom stereocenters. The zero-order chi connectivity index (χ0) is 15.0. The van der Waals surface area contributed by atoms with Crippen molar-refractivity contribution >= 4 is 10.0 Å². The van der Waals surface area contributed by atoms with Gasteiger partial charge in [0.05, 0.1) is 0 Å². The molecule has 2 heterocycles. The van der Waals surface area contributed by atoms with E-state index in [1.807, 2.05) is 0 Å². The van der Waals surface area contributed by atoms with Crippen molar-refractivity contribution < 1.29 is 12.9 Å². The second-order valence-corrected chi connectivity index (χ2v) is 7.81. The zero-order valence-electron chi connectivity index (χ0n) is 12.5. The van der Waals surface area contributed by atoms with E-state index in [4.69, 9.17) is 4.52 Å². The highest BCUT2D eigenvalue weighted by molar-refractivity contribution is 7.89. The van der Waals surface area contributed by atoms with Gasteiger partial charge in [0, 0.05) is 12.6 Å². The highest BCUT2D eigenvalue weighted by Gasteiger charge is 2.33. The molecule has 1 fully saturated rings. The van der Waals surface area contributed by atoms with Gasteiger partial charge in [-0.25, -0.2) is 13.1 Å². The topological polar surface area (TPSA) is 84.2 Å². The highest BCUT2D eigenvalue weighted by Crippen LogP contribution is 2.30. The van der Waals surface area contributed by atoms with E-state index in [1.165, 1.54) is 0 Å². The molecule has 0 aliphatic carbocycles. The third-order valence-electron chi connectivity index (χ3n) is 4.05. The van der Waals surface area contributed by atoms with Crippen molar-refractivity contribution in [3.63, 3.8) is 0 Å². The van der Waals surface area contributed by atoms with Gasteiger partial charge < -0.3 is 9.84 Å². The van der Waals surface area contributed by atoms with Crippen LogP contribution < -0.4 is 10.0 Å². The molecular formula is C13H23N3O3S. The van der Waals surface area contributed by atoms with Gasteiger partial charge in [0.15, 0.2) is 5.76 Å². The molecule has 0 radical (unpaired) electrons. The Labute approximate surface area is 120 Å². The molecule has 1 aromatic rings. The lowest BCUT2D eigenvalue weighted by molar-refractivity contribution is 0.181. The molecule has 1 saturated heterocycles. The Kier molecular flexibility index (Phi) is 4.22. The summed E-state index contributed by atoms with van der Waals surface area (Å²) in [6.45, 7) is 8.87. The van der Waals surface area contributed by atoms with Crippen LogP contribution in [0.15, 0.2) is 9.42 Å². The Hall–Kier alpha value is -0.920. The minimum absolute atomic E-state index is 0.0828. The van der Waals surface area contributed by atoms with Crippen molar-refractivity contribution in [3.8, 4) is 0 Å². The van der Waals surface area contributed by atoms with Gasteiger partial charge in [0.2, 0.25) is 10.0 Å². The third kappa shape index (κ3) is 3.05. The van der Waals surface area contributed by atoms with Crippen LogP contribution in [0.5, 0.6) is 0 Å². The summed E-state index contributed by atoms with van der Waals surface area (Å²) in [7, 11) is -3.57. The largest absolute Gasteiger partial charge is 0.360 e. The first-order valence-electron chi connectivity index (χ1n) is 6.90. The van der Waals surface area contributed by atoms with Gasteiger partial charge >= 0.3 is 0 Å². The van der Waals surface area contributed by atoms with E-state index in [-0.39, 0.29) is 16.4 Å². The molecule has 0 bridgehead atoms. The second-order valence-electron chi connectivity index (χ2n) is 6.10. The zero-order valence-corrected chi connectivity index (χ0v) is 13.3. The average Bonchev–Trinajstić information content (AvgIpc) is 2.67. The maximum Gasteiger partial charge on any atom is 0.246 e. The molecular weight excluding hydrogens is 278 g/mol. The summed E-state index contributed by atoms with van der Waals surface area (Å²) in [5.74, 6) is 0.325. The standard InChI is InChI=1S/C13H23N3O3S/c1-9-12(10(2)19-16-9)20(17,18)15-8-11-13(3,4)6-5-7-14-11/h11,14-15H,5-8H2,1-4H3. The van der Waals surface area contributed by atoms with Gasteiger partial charge in [-0.15, -0.1) is 0 Å². The van der Waals surface area contributed by atoms with Crippen molar-refractivity contribution in [2.45, 2.75) is 51.5 Å². The maximum atomic E-state index is 12.3. The minimum atomic E-state index is -3.57. The van der Waals surface area contributed by atoms with Gasteiger partial charge in [-0.05, 0) is 38.6 Å². The normalized spacial score (nSPS) is 22.9. The summed E-state index contributed by atoms with van der Waals surface area (Å²) in [4.78, 5) is 0.158. The molecule has 0 aromatic carbocycles. The lowest BCUT2D eigenvalue weighted by atomic mass is 9.78. The Morgan fingerprint density at radius 2 is 2.15 bits per heavy atom. The number of piperidine rings is 1. The number of nitrogens with zero attached hydrogens (tertiary/aromatic N) is 1. The first-order valence-corrected chi connectivity index (χ1v) is 8.38. The molecule has 1 aliphatic rings. The summed E-state index contributed by atoms with van der Waals surface area (Å²) >= 11 is 0. The van der Waals surface area contributed by atoms with Crippen molar-refractivity contribution in [3.05, 3.63) is 11.5 Å². The smallest absolute Gasteiger partial charge is 0.246 e. The fourth-order valence-corrected chi connectivity index (χ4v) is 4.12. The van der Waals surface area contributed by atoms with E-state index < -0.39 is 10.0 Å². The van der Waals surface area contributed by atoms with Crippen molar-refractivity contribution in [2.24, 2.45) is 5.41 Å². The van der Waals surface area contributed by atoms with Crippen LogP contribution in [-0.2, 0) is 10.0 Å². The molecule has 2 rings (SSSR count). The summed E-state index contributed by atoms with van der Waals surface area (Å²) in [6.07, 6.45) is 2.22. The predicted molar refractivity (Wildman–Crippen MR) is 76.0 cm³/mol. The number of nitrogens with one attached hydrogen (secondary N) is 2. The van der Waals surface area contributed by atoms with Crippen molar-refractivity contribution in [2.75, 3.05) is 13.1 Å². The molecule has 1 aliphatic heterocycles. The summed E-state index contributed by atoms with van der Waals surface area (Å²) in [5, 5.41) is 7.09. The van der Waals surface area contributed by atoms with Gasteiger partial charge in [-0.3, -0.25) is 0 Å². The summed E-state index contributed by atoms with van der Waals surface area (Å²) in [5.41, 5.74) is 0.477. The van der Waals surface area contributed by atoms with Gasteiger partial charge in [-0.1, -0.05) is 19.0 Å². The monoisotopic (exact) mass is 301 g/mol. The van der Waals surface area contributed by atoms with Crippen LogP contribution in [-0.4, -0.2) is 32.7 Å². The quantitative estimate of drug-likeness (QED) is 0.877. The van der Waals surface area contributed by atoms with Crippen LogP contribution >= 0.6 is 0 Å². The van der Waals surface area contributed by atoms with Crippen LogP contribution in [0, 0.1) is 19.3 Å². The fraction of sp³-hybridized carbons (Fsp3) is 0.769. The molecule has 114 valence electrons. The van der Waals surface area contributed by atoms with Crippen LogP contribution in [0.2, 0.25) is 0 Å². The first kappa shape index (κ1) is 15.5. The summed E-state index contributed by atoms with van der Waals surface area (Å²) < 4.78 is 32.3. The number of hydrogen-bond acceptors (Lipinski definition) is 5. The Bertz CT molecular complexity index is 558. The number of rotatable bonds is 4.